The second-order valence-electron chi connectivity index (χ2n) is 5.17. The first kappa shape index (κ1) is 15.0. The number of benzene rings is 1. The van der Waals surface area contributed by atoms with E-state index in [4.69, 9.17) is 9.47 Å². The molecule has 0 saturated heterocycles. The Morgan fingerprint density at radius 1 is 1.22 bits per heavy atom. The normalized spacial score (nSPS) is 10.6. The SMILES string of the molecule is COc1c(C)cnc(COc2cccc(-n3cncn3)c2)c1C. The fraction of sp³-hybridized carbons (Fsp3) is 0.235. The molecule has 0 saturated carbocycles. The molecule has 2 heterocycles. The Hall–Kier alpha value is -2.89. The molecule has 3 rings (SSSR count). The molecule has 0 amide bonds. The zero-order valence-corrected chi connectivity index (χ0v) is 13.4. The van der Waals surface area contributed by atoms with E-state index in [9.17, 15) is 0 Å². The fourth-order valence-electron chi connectivity index (χ4n) is 2.43. The molecular formula is C17H18N4O2. The van der Waals surface area contributed by atoms with Gasteiger partial charge in [-0.05, 0) is 26.0 Å². The molecule has 0 bridgehead atoms. The zero-order valence-electron chi connectivity index (χ0n) is 13.4. The summed E-state index contributed by atoms with van der Waals surface area (Å²) >= 11 is 0. The van der Waals surface area contributed by atoms with E-state index >= 15 is 0 Å². The van der Waals surface area contributed by atoms with E-state index in [-0.39, 0.29) is 0 Å². The van der Waals surface area contributed by atoms with Gasteiger partial charge >= 0.3 is 0 Å². The van der Waals surface area contributed by atoms with Crippen molar-refractivity contribution in [3.63, 3.8) is 0 Å². The first-order chi connectivity index (χ1) is 11.2. The van der Waals surface area contributed by atoms with Gasteiger partial charge in [-0.15, -0.1) is 0 Å². The van der Waals surface area contributed by atoms with Crippen molar-refractivity contribution < 1.29 is 9.47 Å². The second-order valence-corrected chi connectivity index (χ2v) is 5.17. The number of pyridine rings is 1. The van der Waals surface area contributed by atoms with Crippen LogP contribution in [0.5, 0.6) is 11.5 Å². The molecule has 0 fully saturated rings. The Kier molecular flexibility index (Phi) is 4.23. The van der Waals surface area contributed by atoms with Gasteiger partial charge in [-0.25, -0.2) is 9.67 Å². The topological polar surface area (TPSA) is 62.1 Å². The molecule has 2 aromatic heterocycles. The first-order valence-corrected chi connectivity index (χ1v) is 7.26. The maximum absolute atomic E-state index is 5.87. The van der Waals surface area contributed by atoms with Crippen molar-refractivity contribution in [2.75, 3.05) is 7.11 Å². The van der Waals surface area contributed by atoms with Crippen LogP contribution in [0.25, 0.3) is 5.69 Å². The van der Waals surface area contributed by atoms with Crippen molar-refractivity contribution in [3.8, 4) is 17.2 Å². The van der Waals surface area contributed by atoms with Gasteiger partial charge in [0.25, 0.3) is 0 Å². The Bertz CT molecular complexity index is 800. The van der Waals surface area contributed by atoms with E-state index in [2.05, 4.69) is 15.1 Å². The lowest BCUT2D eigenvalue weighted by Crippen LogP contribution is -2.04. The van der Waals surface area contributed by atoms with Crippen molar-refractivity contribution in [1.82, 2.24) is 19.7 Å². The Balaban J connectivity index is 1.78. The van der Waals surface area contributed by atoms with E-state index in [1.807, 2.05) is 38.1 Å². The molecule has 1 aromatic carbocycles. The van der Waals surface area contributed by atoms with Crippen LogP contribution in [0.4, 0.5) is 0 Å². The van der Waals surface area contributed by atoms with Crippen LogP contribution in [0.2, 0.25) is 0 Å². The van der Waals surface area contributed by atoms with Gasteiger partial charge in [0.1, 0.15) is 30.8 Å². The van der Waals surface area contributed by atoms with Gasteiger partial charge in [-0.1, -0.05) is 6.07 Å². The molecule has 0 aliphatic carbocycles. The number of aromatic nitrogens is 4. The highest BCUT2D eigenvalue weighted by Gasteiger charge is 2.10. The third kappa shape index (κ3) is 3.15. The van der Waals surface area contributed by atoms with Crippen molar-refractivity contribution in [2.45, 2.75) is 20.5 Å². The van der Waals surface area contributed by atoms with Gasteiger partial charge in [0, 0.05) is 23.4 Å². The lowest BCUT2D eigenvalue weighted by atomic mass is 10.1. The summed E-state index contributed by atoms with van der Waals surface area (Å²) in [5.74, 6) is 1.61. The van der Waals surface area contributed by atoms with Crippen molar-refractivity contribution >= 4 is 0 Å². The average molecular weight is 310 g/mol. The number of hydrogen-bond donors (Lipinski definition) is 0. The van der Waals surface area contributed by atoms with Gasteiger partial charge in [0.2, 0.25) is 0 Å². The molecular weight excluding hydrogens is 292 g/mol. The van der Waals surface area contributed by atoms with Crippen LogP contribution < -0.4 is 9.47 Å². The summed E-state index contributed by atoms with van der Waals surface area (Å²) in [6.07, 6.45) is 4.95. The molecule has 3 aromatic rings. The standard InChI is InChI=1S/C17H18N4O2/c1-12-8-19-16(13(2)17(12)22-3)9-23-15-6-4-5-14(7-15)21-11-18-10-20-21/h4-8,10-11H,9H2,1-3H3. The number of ether oxygens (including phenoxy) is 2. The van der Waals surface area contributed by atoms with Crippen LogP contribution in [0, 0.1) is 13.8 Å². The van der Waals surface area contributed by atoms with Gasteiger partial charge in [-0.3, -0.25) is 4.98 Å². The van der Waals surface area contributed by atoms with E-state index < -0.39 is 0 Å². The number of aryl methyl sites for hydroxylation is 1. The summed E-state index contributed by atoms with van der Waals surface area (Å²) < 4.78 is 13.0. The van der Waals surface area contributed by atoms with Crippen LogP contribution in [0.1, 0.15) is 16.8 Å². The van der Waals surface area contributed by atoms with Gasteiger partial charge in [-0.2, -0.15) is 5.10 Å². The van der Waals surface area contributed by atoms with Gasteiger partial charge in [0.15, 0.2) is 0 Å². The minimum absolute atomic E-state index is 0.378. The maximum atomic E-state index is 5.87. The van der Waals surface area contributed by atoms with Crippen LogP contribution >= 0.6 is 0 Å². The molecule has 0 radical (unpaired) electrons. The monoisotopic (exact) mass is 310 g/mol. The Morgan fingerprint density at radius 2 is 2.09 bits per heavy atom. The highest BCUT2D eigenvalue weighted by atomic mass is 16.5. The molecule has 0 aliphatic heterocycles. The molecule has 6 heteroatoms. The van der Waals surface area contributed by atoms with E-state index in [1.165, 1.54) is 6.33 Å². The van der Waals surface area contributed by atoms with E-state index in [0.717, 1.165) is 34.0 Å². The van der Waals surface area contributed by atoms with Crippen molar-refractivity contribution in [3.05, 3.63) is 59.9 Å². The minimum Gasteiger partial charge on any atom is -0.496 e. The Labute approximate surface area is 134 Å². The summed E-state index contributed by atoms with van der Waals surface area (Å²) in [7, 11) is 1.67. The number of hydrogen-bond acceptors (Lipinski definition) is 5. The smallest absolute Gasteiger partial charge is 0.138 e. The van der Waals surface area contributed by atoms with E-state index in [0.29, 0.717) is 6.61 Å². The third-order valence-electron chi connectivity index (χ3n) is 3.63. The average Bonchev–Trinajstić information content (AvgIpc) is 3.09. The number of methoxy groups -OCH3 is 1. The molecule has 23 heavy (non-hydrogen) atoms. The first-order valence-electron chi connectivity index (χ1n) is 7.26. The van der Waals surface area contributed by atoms with Gasteiger partial charge < -0.3 is 9.47 Å². The fourth-order valence-corrected chi connectivity index (χ4v) is 2.43. The molecule has 0 atom stereocenters. The molecule has 0 unspecified atom stereocenters. The quantitative estimate of drug-likeness (QED) is 0.725. The van der Waals surface area contributed by atoms with Crippen LogP contribution in [-0.4, -0.2) is 26.9 Å². The number of nitrogens with zero attached hydrogens (tertiary/aromatic N) is 4. The van der Waals surface area contributed by atoms with Crippen molar-refractivity contribution in [2.24, 2.45) is 0 Å². The molecule has 0 spiro atoms. The molecule has 0 N–H and O–H groups in total. The summed E-state index contributed by atoms with van der Waals surface area (Å²) in [6.45, 7) is 4.34. The summed E-state index contributed by atoms with van der Waals surface area (Å²) in [4.78, 5) is 8.39. The van der Waals surface area contributed by atoms with Crippen molar-refractivity contribution in [1.29, 1.82) is 0 Å². The van der Waals surface area contributed by atoms with Crippen LogP contribution in [-0.2, 0) is 6.61 Å². The van der Waals surface area contributed by atoms with Crippen LogP contribution in [0.3, 0.4) is 0 Å². The lowest BCUT2D eigenvalue weighted by Gasteiger charge is -2.13. The Morgan fingerprint density at radius 3 is 2.83 bits per heavy atom. The predicted molar refractivity (Wildman–Crippen MR) is 86.0 cm³/mol. The summed E-state index contributed by atoms with van der Waals surface area (Å²) in [6, 6.07) is 7.68. The minimum atomic E-state index is 0.378. The predicted octanol–water partition coefficient (Wildman–Crippen LogP) is 2.87. The lowest BCUT2D eigenvalue weighted by molar-refractivity contribution is 0.298. The molecule has 6 nitrogen and oxygen atoms in total. The largest absolute Gasteiger partial charge is 0.496 e. The summed E-state index contributed by atoms with van der Waals surface area (Å²) in [5, 5.41) is 4.11. The third-order valence-corrected chi connectivity index (χ3v) is 3.63. The van der Waals surface area contributed by atoms with Gasteiger partial charge in [0.05, 0.1) is 18.5 Å². The van der Waals surface area contributed by atoms with Crippen LogP contribution in [0.15, 0.2) is 43.1 Å². The molecule has 0 aliphatic rings. The molecule has 118 valence electrons. The van der Waals surface area contributed by atoms with E-state index in [1.54, 1.807) is 24.3 Å². The highest BCUT2D eigenvalue weighted by Crippen LogP contribution is 2.25. The summed E-state index contributed by atoms with van der Waals surface area (Å²) in [5.41, 5.74) is 3.77. The number of rotatable bonds is 5. The highest BCUT2D eigenvalue weighted by molar-refractivity contribution is 5.41. The second kappa shape index (κ2) is 6.48. The zero-order chi connectivity index (χ0) is 16.2. The maximum Gasteiger partial charge on any atom is 0.138 e.